The molecule has 1 fully saturated rings. The summed E-state index contributed by atoms with van der Waals surface area (Å²) >= 11 is 6.01. The van der Waals surface area contributed by atoms with Gasteiger partial charge in [0.15, 0.2) is 0 Å². The second kappa shape index (κ2) is 6.09. The van der Waals surface area contributed by atoms with Gasteiger partial charge in [0.2, 0.25) is 0 Å². The van der Waals surface area contributed by atoms with E-state index in [2.05, 4.69) is 27.4 Å². The Bertz CT molecular complexity index is 798. The van der Waals surface area contributed by atoms with Crippen LogP contribution in [0.2, 0.25) is 5.02 Å². The Morgan fingerprint density at radius 3 is 2.79 bits per heavy atom. The molecular formula is C17H18ClN5O. The number of aromatic nitrogens is 4. The normalized spacial score (nSPS) is 25.8. The summed E-state index contributed by atoms with van der Waals surface area (Å²) in [6, 6.07) is 7.30. The molecule has 3 unspecified atom stereocenters. The summed E-state index contributed by atoms with van der Waals surface area (Å²) in [5.74, 6) is 0.812. The standard InChI is InChI=1S/C17H18ClN5O/c1-2-3-10-8-13-15(14(24)9-10)16(11-4-6-12(18)7-5-11)23-17(19-13)20-21-22-23/h4-7,10,15-16H,2-3,8-9H2,1H3. The van der Waals surface area contributed by atoms with Crippen LogP contribution in [0.3, 0.4) is 0 Å². The van der Waals surface area contributed by atoms with Crippen LogP contribution >= 0.6 is 11.6 Å². The number of aliphatic imine (C=N–C) groups is 1. The molecular weight excluding hydrogens is 326 g/mol. The van der Waals surface area contributed by atoms with Crippen molar-refractivity contribution in [2.24, 2.45) is 16.8 Å². The van der Waals surface area contributed by atoms with Gasteiger partial charge in [0, 0.05) is 17.2 Å². The molecule has 2 aromatic rings. The molecule has 124 valence electrons. The highest BCUT2D eigenvalue weighted by Gasteiger charge is 2.44. The molecule has 2 aliphatic rings. The topological polar surface area (TPSA) is 73.0 Å². The van der Waals surface area contributed by atoms with E-state index < -0.39 is 0 Å². The van der Waals surface area contributed by atoms with Crippen LogP contribution in [-0.2, 0) is 4.79 Å². The van der Waals surface area contributed by atoms with E-state index in [-0.39, 0.29) is 17.7 Å². The minimum absolute atomic E-state index is 0.236. The third kappa shape index (κ3) is 2.55. The van der Waals surface area contributed by atoms with Crippen LogP contribution < -0.4 is 0 Å². The number of hydrogen-bond donors (Lipinski definition) is 0. The highest BCUT2D eigenvalue weighted by atomic mass is 35.5. The minimum Gasteiger partial charge on any atom is -0.299 e. The molecule has 6 nitrogen and oxygen atoms in total. The number of tetrazole rings is 1. The number of ketones is 1. The maximum atomic E-state index is 12.9. The summed E-state index contributed by atoms with van der Waals surface area (Å²) in [6.45, 7) is 2.15. The summed E-state index contributed by atoms with van der Waals surface area (Å²) in [7, 11) is 0. The van der Waals surface area contributed by atoms with Crippen molar-refractivity contribution in [1.82, 2.24) is 20.2 Å². The van der Waals surface area contributed by atoms with Gasteiger partial charge in [-0.3, -0.25) is 4.79 Å². The van der Waals surface area contributed by atoms with E-state index in [1.807, 2.05) is 24.3 Å². The summed E-state index contributed by atoms with van der Waals surface area (Å²) in [4.78, 5) is 17.5. The molecule has 1 aromatic heterocycles. The first-order valence-corrected chi connectivity index (χ1v) is 8.68. The summed E-state index contributed by atoms with van der Waals surface area (Å²) in [5.41, 5.74) is 1.90. The fourth-order valence-corrected chi connectivity index (χ4v) is 4.01. The van der Waals surface area contributed by atoms with E-state index in [9.17, 15) is 4.79 Å². The molecule has 0 radical (unpaired) electrons. The molecule has 1 aliphatic carbocycles. The number of nitrogens with zero attached hydrogens (tertiary/aromatic N) is 5. The Balaban J connectivity index is 1.78. The lowest BCUT2D eigenvalue weighted by Gasteiger charge is -2.36. The molecule has 1 saturated carbocycles. The van der Waals surface area contributed by atoms with Gasteiger partial charge in [-0.25, -0.2) is 9.67 Å². The molecule has 4 rings (SSSR count). The monoisotopic (exact) mass is 343 g/mol. The summed E-state index contributed by atoms with van der Waals surface area (Å²) in [5, 5.41) is 12.5. The molecule has 1 aliphatic heterocycles. The number of carbonyl (C=O) groups excluding carboxylic acids is 1. The van der Waals surface area contributed by atoms with Crippen LogP contribution in [0.4, 0.5) is 5.95 Å². The molecule has 2 heterocycles. The van der Waals surface area contributed by atoms with Crippen molar-refractivity contribution >= 4 is 29.0 Å². The lowest BCUT2D eigenvalue weighted by atomic mass is 9.72. The van der Waals surface area contributed by atoms with Gasteiger partial charge in [0.25, 0.3) is 5.95 Å². The van der Waals surface area contributed by atoms with Gasteiger partial charge in [-0.05, 0) is 46.9 Å². The van der Waals surface area contributed by atoms with Gasteiger partial charge in [0.05, 0.1) is 12.0 Å². The van der Waals surface area contributed by atoms with Crippen molar-refractivity contribution in [3.8, 4) is 0 Å². The Labute approximate surface area is 144 Å². The van der Waals surface area contributed by atoms with Crippen molar-refractivity contribution < 1.29 is 4.79 Å². The van der Waals surface area contributed by atoms with E-state index >= 15 is 0 Å². The maximum Gasteiger partial charge on any atom is 0.269 e. The summed E-state index contributed by atoms with van der Waals surface area (Å²) in [6.07, 6.45) is 3.59. The quantitative estimate of drug-likeness (QED) is 0.856. The minimum atomic E-state index is -0.282. The van der Waals surface area contributed by atoms with E-state index in [1.54, 1.807) is 4.68 Å². The smallest absolute Gasteiger partial charge is 0.269 e. The SMILES string of the molecule is CCCC1CC(=O)C2C(=Nc3nnnn3C2c2ccc(Cl)cc2)C1. The zero-order valence-corrected chi connectivity index (χ0v) is 14.1. The van der Waals surface area contributed by atoms with E-state index in [0.717, 1.165) is 30.5 Å². The van der Waals surface area contributed by atoms with Crippen LogP contribution in [0, 0.1) is 11.8 Å². The Morgan fingerprint density at radius 2 is 2.04 bits per heavy atom. The van der Waals surface area contributed by atoms with Gasteiger partial charge >= 0.3 is 0 Å². The van der Waals surface area contributed by atoms with Crippen LogP contribution in [0.25, 0.3) is 0 Å². The molecule has 3 atom stereocenters. The van der Waals surface area contributed by atoms with Crippen molar-refractivity contribution in [2.75, 3.05) is 0 Å². The molecule has 0 N–H and O–H groups in total. The van der Waals surface area contributed by atoms with Gasteiger partial charge in [-0.1, -0.05) is 42.2 Å². The first-order valence-electron chi connectivity index (χ1n) is 8.31. The fraction of sp³-hybridized carbons (Fsp3) is 0.471. The van der Waals surface area contributed by atoms with E-state index in [4.69, 9.17) is 11.6 Å². The number of hydrogen-bond acceptors (Lipinski definition) is 5. The number of halogens is 1. The van der Waals surface area contributed by atoms with Gasteiger partial charge in [0.1, 0.15) is 5.78 Å². The Kier molecular flexibility index (Phi) is 3.92. The second-order valence-corrected chi connectivity index (χ2v) is 6.97. The lowest BCUT2D eigenvalue weighted by molar-refractivity contribution is -0.123. The van der Waals surface area contributed by atoms with E-state index in [0.29, 0.717) is 23.3 Å². The second-order valence-electron chi connectivity index (χ2n) is 6.53. The largest absolute Gasteiger partial charge is 0.299 e. The molecule has 0 amide bonds. The van der Waals surface area contributed by atoms with Crippen molar-refractivity contribution in [3.63, 3.8) is 0 Å². The average Bonchev–Trinajstić information content (AvgIpc) is 3.02. The van der Waals surface area contributed by atoms with Gasteiger partial charge < -0.3 is 0 Å². The van der Waals surface area contributed by atoms with Crippen LogP contribution in [0.15, 0.2) is 29.3 Å². The molecule has 0 bridgehead atoms. The highest BCUT2D eigenvalue weighted by Crippen LogP contribution is 2.41. The molecule has 0 spiro atoms. The predicted molar refractivity (Wildman–Crippen MR) is 90.6 cm³/mol. The number of rotatable bonds is 3. The predicted octanol–water partition coefficient (Wildman–Crippen LogP) is 3.40. The molecule has 0 saturated heterocycles. The molecule has 1 aromatic carbocycles. The summed E-state index contributed by atoms with van der Waals surface area (Å²) < 4.78 is 1.66. The van der Waals surface area contributed by atoms with E-state index in [1.165, 1.54) is 0 Å². The van der Waals surface area contributed by atoms with Crippen molar-refractivity contribution in [1.29, 1.82) is 0 Å². The van der Waals surface area contributed by atoms with Crippen LogP contribution in [-0.4, -0.2) is 31.7 Å². The van der Waals surface area contributed by atoms with Gasteiger partial charge in [-0.2, -0.15) is 0 Å². The zero-order chi connectivity index (χ0) is 16.7. The average molecular weight is 344 g/mol. The molecule has 24 heavy (non-hydrogen) atoms. The third-order valence-corrected chi connectivity index (χ3v) is 5.15. The van der Waals surface area contributed by atoms with Crippen molar-refractivity contribution in [2.45, 2.75) is 38.6 Å². The Hall–Kier alpha value is -2.08. The third-order valence-electron chi connectivity index (χ3n) is 4.90. The molecule has 7 heteroatoms. The zero-order valence-electron chi connectivity index (χ0n) is 13.4. The van der Waals surface area contributed by atoms with Crippen LogP contribution in [0.5, 0.6) is 0 Å². The first-order chi connectivity index (χ1) is 11.7. The number of benzene rings is 1. The van der Waals surface area contributed by atoms with Crippen molar-refractivity contribution in [3.05, 3.63) is 34.9 Å². The van der Waals surface area contributed by atoms with Crippen LogP contribution in [0.1, 0.15) is 44.2 Å². The van der Waals surface area contributed by atoms with Gasteiger partial charge in [-0.15, -0.1) is 0 Å². The Morgan fingerprint density at radius 1 is 1.25 bits per heavy atom. The number of fused-ring (bicyclic) bond motifs is 2. The number of Topliss-reactive ketones (excluding diaryl/α,β-unsaturated/α-hetero) is 1. The highest BCUT2D eigenvalue weighted by molar-refractivity contribution is 6.30. The fourth-order valence-electron chi connectivity index (χ4n) is 3.88. The first kappa shape index (κ1) is 15.4. The number of carbonyl (C=O) groups is 1. The lowest BCUT2D eigenvalue weighted by Crippen LogP contribution is -2.42. The maximum absolute atomic E-state index is 12.9.